The van der Waals surface area contributed by atoms with Crippen molar-refractivity contribution in [1.29, 1.82) is 0 Å². The lowest BCUT2D eigenvalue weighted by atomic mass is 9.97. The fourth-order valence-corrected chi connectivity index (χ4v) is 4.69. The van der Waals surface area contributed by atoms with Crippen LogP contribution in [0.15, 0.2) is 63.9 Å². The molecule has 1 heterocycles. The molecule has 1 aliphatic heterocycles. The zero-order valence-electron chi connectivity index (χ0n) is 17.6. The third kappa shape index (κ3) is 5.39. The molecule has 2 aromatic carbocycles. The van der Waals surface area contributed by atoms with Gasteiger partial charge < -0.3 is 15.4 Å². The third-order valence-corrected chi connectivity index (χ3v) is 6.54. The number of hydrogen-bond donors (Lipinski definition) is 2. The van der Waals surface area contributed by atoms with Crippen LogP contribution in [0.5, 0.6) is 5.75 Å². The Kier molecular flexibility index (Phi) is 6.77. The van der Waals surface area contributed by atoms with Crippen LogP contribution >= 0.6 is 11.8 Å². The smallest absolute Gasteiger partial charge is 0.262 e. The molecule has 5 nitrogen and oxygen atoms in total. The molecule has 0 atom stereocenters. The molecule has 0 fully saturated rings. The standard InChI is InChI=1S/C25H26N2O3S/c1-30-20-9-5-8-18(14-20)15-23-25(29)27-21-16-19(10-11-22(21)31-23)24(28)26-13-12-17-6-3-2-4-7-17/h5-6,8-11,14-16H,2-4,7,12-13H2,1H3,(H,26,28)(H,27,29)/b23-15+. The van der Waals surface area contributed by atoms with Crippen LogP contribution in [0, 0.1) is 0 Å². The first-order valence-electron chi connectivity index (χ1n) is 10.6. The van der Waals surface area contributed by atoms with E-state index in [4.69, 9.17) is 4.74 Å². The van der Waals surface area contributed by atoms with Crippen molar-refractivity contribution in [2.75, 3.05) is 19.0 Å². The maximum Gasteiger partial charge on any atom is 0.262 e. The van der Waals surface area contributed by atoms with Crippen molar-refractivity contribution in [3.8, 4) is 5.75 Å². The molecule has 0 bridgehead atoms. The van der Waals surface area contributed by atoms with E-state index in [2.05, 4.69) is 16.7 Å². The van der Waals surface area contributed by atoms with Crippen molar-refractivity contribution >= 4 is 35.3 Å². The zero-order chi connectivity index (χ0) is 21.6. The van der Waals surface area contributed by atoms with Crippen molar-refractivity contribution in [1.82, 2.24) is 5.32 Å². The number of ether oxygens (including phenoxy) is 1. The largest absolute Gasteiger partial charge is 0.497 e. The summed E-state index contributed by atoms with van der Waals surface area (Å²) >= 11 is 1.40. The lowest BCUT2D eigenvalue weighted by Gasteiger charge is -2.19. The fourth-order valence-electron chi connectivity index (χ4n) is 3.75. The van der Waals surface area contributed by atoms with E-state index in [0.717, 1.165) is 35.5 Å². The second-order valence-electron chi connectivity index (χ2n) is 7.67. The van der Waals surface area contributed by atoms with Crippen LogP contribution in [-0.2, 0) is 4.79 Å². The van der Waals surface area contributed by atoms with E-state index in [0.29, 0.717) is 22.7 Å². The number of carbonyl (C=O) groups is 2. The summed E-state index contributed by atoms with van der Waals surface area (Å²) in [6, 6.07) is 13.0. The minimum Gasteiger partial charge on any atom is -0.497 e. The van der Waals surface area contributed by atoms with Crippen LogP contribution in [0.1, 0.15) is 48.0 Å². The van der Waals surface area contributed by atoms with Crippen molar-refractivity contribution in [3.05, 3.63) is 70.1 Å². The Bertz CT molecular complexity index is 1060. The normalized spacial score (nSPS) is 16.9. The van der Waals surface area contributed by atoms with Crippen LogP contribution in [0.3, 0.4) is 0 Å². The number of anilines is 1. The molecular weight excluding hydrogens is 408 g/mol. The lowest BCUT2D eigenvalue weighted by Crippen LogP contribution is -2.25. The third-order valence-electron chi connectivity index (χ3n) is 5.44. The summed E-state index contributed by atoms with van der Waals surface area (Å²) in [6.45, 7) is 0.635. The van der Waals surface area contributed by atoms with E-state index in [9.17, 15) is 9.59 Å². The molecule has 0 radical (unpaired) electrons. The molecule has 6 heteroatoms. The number of methoxy groups -OCH3 is 1. The minimum absolute atomic E-state index is 0.115. The van der Waals surface area contributed by atoms with Crippen LogP contribution in [-0.4, -0.2) is 25.5 Å². The van der Waals surface area contributed by atoms with Gasteiger partial charge in [0.1, 0.15) is 5.75 Å². The Morgan fingerprint density at radius 3 is 2.94 bits per heavy atom. The molecule has 0 aromatic heterocycles. The van der Waals surface area contributed by atoms with Gasteiger partial charge in [0.25, 0.3) is 11.8 Å². The lowest BCUT2D eigenvalue weighted by molar-refractivity contribution is -0.112. The average molecular weight is 435 g/mol. The molecule has 4 rings (SSSR count). The van der Waals surface area contributed by atoms with Crippen LogP contribution in [0.25, 0.3) is 6.08 Å². The summed E-state index contributed by atoms with van der Waals surface area (Å²) < 4.78 is 5.25. The first-order valence-corrected chi connectivity index (χ1v) is 11.4. The number of amides is 2. The van der Waals surface area contributed by atoms with E-state index >= 15 is 0 Å². The van der Waals surface area contributed by atoms with Crippen molar-refractivity contribution < 1.29 is 14.3 Å². The first-order chi connectivity index (χ1) is 15.1. The van der Waals surface area contributed by atoms with Gasteiger partial charge in [-0.05, 0) is 74.1 Å². The predicted octanol–water partition coefficient (Wildman–Crippen LogP) is 5.40. The molecule has 2 aromatic rings. The van der Waals surface area contributed by atoms with Crippen LogP contribution in [0.2, 0.25) is 0 Å². The SMILES string of the molecule is COc1cccc(/C=C2/Sc3ccc(C(=O)NCCC4=CCCCC4)cc3NC2=O)c1. The Labute approximate surface area is 187 Å². The number of benzene rings is 2. The molecule has 31 heavy (non-hydrogen) atoms. The fraction of sp³-hybridized carbons (Fsp3) is 0.280. The van der Waals surface area contributed by atoms with Gasteiger partial charge in [-0.1, -0.05) is 35.5 Å². The van der Waals surface area contributed by atoms with Gasteiger partial charge in [0.15, 0.2) is 0 Å². The first kappa shape index (κ1) is 21.2. The Morgan fingerprint density at radius 1 is 1.23 bits per heavy atom. The quantitative estimate of drug-likeness (QED) is 0.472. The Balaban J connectivity index is 1.42. The number of carbonyl (C=O) groups excluding carboxylic acids is 2. The Hall–Kier alpha value is -2.99. The van der Waals surface area contributed by atoms with Gasteiger partial charge in [0.2, 0.25) is 0 Å². The second kappa shape index (κ2) is 9.88. The summed E-state index contributed by atoms with van der Waals surface area (Å²) in [7, 11) is 1.62. The van der Waals surface area contributed by atoms with Gasteiger partial charge in [-0.3, -0.25) is 9.59 Å². The molecule has 1 aliphatic carbocycles. The second-order valence-corrected chi connectivity index (χ2v) is 8.75. The predicted molar refractivity (Wildman–Crippen MR) is 125 cm³/mol. The molecule has 0 spiro atoms. The average Bonchev–Trinajstić information content (AvgIpc) is 2.80. The highest BCUT2D eigenvalue weighted by atomic mass is 32.2. The van der Waals surface area contributed by atoms with Crippen molar-refractivity contribution in [2.24, 2.45) is 0 Å². The zero-order valence-corrected chi connectivity index (χ0v) is 18.4. The summed E-state index contributed by atoms with van der Waals surface area (Å²) in [6.07, 6.45) is 9.86. The number of thioether (sulfide) groups is 1. The number of nitrogens with one attached hydrogen (secondary N) is 2. The minimum atomic E-state index is -0.179. The number of allylic oxidation sites excluding steroid dienone is 1. The maximum atomic E-state index is 12.6. The topological polar surface area (TPSA) is 67.4 Å². The summed E-state index contributed by atoms with van der Waals surface area (Å²) in [4.78, 5) is 26.7. The molecule has 0 saturated carbocycles. The molecule has 0 unspecified atom stereocenters. The van der Waals surface area contributed by atoms with Crippen LogP contribution < -0.4 is 15.4 Å². The summed E-state index contributed by atoms with van der Waals surface area (Å²) in [5.41, 5.74) is 3.55. The van der Waals surface area contributed by atoms with Gasteiger partial charge in [-0.15, -0.1) is 0 Å². The van der Waals surface area contributed by atoms with Gasteiger partial charge >= 0.3 is 0 Å². The monoisotopic (exact) mass is 434 g/mol. The highest BCUT2D eigenvalue weighted by Gasteiger charge is 2.22. The number of rotatable bonds is 6. The molecule has 160 valence electrons. The maximum absolute atomic E-state index is 12.6. The van der Waals surface area contributed by atoms with Crippen molar-refractivity contribution in [3.63, 3.8) is 0 Å². The highest BCUT2D eigenvalue weighted by Crippen LogP contribution is 2.39. The van der Waals surface area contributed by atoms with Gasteiger partial charge in [-0.2, -0.15) is 0 Å². The highest BCUT2D eigenvalue weighted by molar-refractivity contribution is 8.04. The Morgan fingerprint density at radius 2 is 2.13 bits per heavy atom. The van der Waals surface area contributed by atoms with E-state index in [1.54, 1.807) is 13.2 Å². The van der Waals surface area contributed by atoms with Crippen molar-refractivity contribution in [2.45, 2.75) is 37.0 Å². The molecular formula is C25H26N2O3S. The van der Waals surface area contributed by atoms with E-state index in [1.807, 2.05) is 42.5 Å². The molecule has 2 amide bonds. The summed E-state index contributed by atoms with van der Waals surface area (Å²) in [5.74, 6) is 0.449. The molecule has 0 saturated heterocycles. The van der Waals surface area contributed by atoms with Crippen LogP contribution in [0.4, 0.5) is 5.69 Å². The molecule has 2 aliphatic rings. The van der Waals surface area contributed by atoms with Gasteiger partial charge in [-0.25, -0.2) is 0 Å². The molecule has 2 N–H and O–H groups in total. The number of hydrogen-bond acceptors (Lipinski definition) is 4. The number of fused-ring (bicyclic) bond motifs is 1. The van der Waals surface area contributed by atoms with Gasteiger partial charge in [0.05, 0.1) is 17.7 Å². The van der Waals surface area contributed by atoms with E-state index in [1.165, 1.54) is 30.2 Å². The van der Waals surface area contributed by atoms with Gasteiger partial charge in [0, 0.05) is 17.0 Å². The van der Waals surface area contributed by atoms with E-state index < -0.39 is 0 Å². The van der Waals surface area contributed by atoms with E-state index in [-0.39, 0.29) is 11.8 Å². The summed E-state index contributed by atoms with van der Waals surface area (Å²) in [5, 5.41) is 5.91.